The first-order valence-corrected chi connectivity index (χ1v) is 6.97. The quantitative estimate of drug-likeness (QED) is 0.904. The number of likely N-dealkylation sites (N-methyl/N-ethyl adjacent to an activating group) is 1. The first kappa shape index (κ1) is 18.4. The summed E-state index contributed by atoms with van der Waals surface area (Å²) in [6.45, 7) is 2.75. The van der Waals surface area contributed by atoms with Crippen molar-refractivity contribution in [2.45, 2.75) is 25.6 Å². The van der Waals surface area contributed by atoms with Crippen LogP contribution in [-0.4, -0.2) is 44.6 Å². The van der Waals surface area contributed by atoms with Crippen molar-refractivity contribution in [3.8, 4) is 11.4 Å². The van der Waals surface area contributed by atoms with E-state index in [1.807, 2.05) is 0 Å². The zero-order valence-corrected chi connectivity index (χ0v) is 13.5. The number of carbonyl (C=O) groups excluding carboxylic acids is 1. The van der Waals surface area contributed by atoms with Crippen molar-refractivity contribution >= 4 is 11.9 Å². The Morgan fingerprint density at radius 3 is 2.16 bits per heavy atom. The monoisotopic (exact) mass is 357 g/mol. The smallest absolute Gasteiger partial charge is 0.471 e. The normalized spacial score (nSPS) is 12.1. The summed E-state index contributed by atoms with van der Waals surface area (Å²) in [6.07, 6.45) is -4.74. The van der Waals surface area contributed by atoms with Gasteiger partial charge in [-0.3, -0.25) is 4.79 Å². The summed E-state index contributed by atoms with van der Waals surface area (Å²) in [4.78, 5) is 27.9. The molecule has 1 aromatic carbocycles. The largest absolute Gasteiger partial charge is 0.480 e. The number of halogens is 3. The molecule has 0 radical (unpaired) electrons. The van der Waals surface area contributed by atoms with E-state index in [1.165, 1.54) is 45.2 Å². The molecule has 2 rings (SSSR count). The van der Waals surface area contributed by atoms with Crippen molar-refractivity contribution in [1.82, 2.24) is 15.0 Å². The molecular weight excluding hydrogens is 343 g/mol. The Bertz CT molecular complexity index is 797. The second-order valence-corrected chi connectivity index (χ2v) is 5.73. The van der Waals surface area contributed by atoms with Crippen LogP contribution >= 0.6 is 0 Å². The molecule has 0 spiro atoms. The standard InChI is InChI=1S/C15H14F3N3O4/c1-14(2,13(23)24)21(3)11(22)9-6-4-8(5-7-9)10-19-12(25-20-10)15(16,17)18/h4-7H,1-3H3,(H,23,24). The van der Waals surface area contributed by atoms with Crippen LogP contribution in [0.5, 0.6) is 0 Å². The van der Waals surface area contributed by atoms with E-state index in [9.17, 15) is 22.8 Å². The molecule has 0 aliphatic carbocycles. The average molecular weight is 357 g/mol. The molecule has 1 amide bonds. The number of benzene rings is 1. The molecule has 1 aromatic heterocycles. The van der Waals surface area contributed by atoms with E-state index in [2.05, 4.69) is 14.7 Å². The van der Waals surface area contributed by atoms with Gasteiger partial charge < -0.3 is 14.5 Å². The molecule has 0 aliphatic heterocycles. The average Bonchev–Trinajstić information content (AvgIpc) is 3.03. The van der Waals surface area contributed by atoms with Gasteiger partial charge in [-0.05, 0) is 26.0 Å². The number of amides is 1. The van der Waals surface area contributed by atoms with E-state index in [0.29, 0.717) is 0 Å². The number of aliphatic carboxylic acids is 1. The predicted octanol–water partition coefficient (Wildman–Crippen LogP) is 2.69. The van der Waals surface area contributed by atoms with Gasteiger partial charge in [0.05, 0.1) is 0 Å². The second kappa shape index (κ2) is 6.19. The van der Waals surface area contributed by atoms with Gasteiger partial charge >= 0.3 is 18.0 Å². The maximum absolute atomic E-state index is 12.5. The maximum Gasteiger partial charge on any atom is 0.471 e. The van der Waals surface area contributed by atoms with Gasteiger partial charge in [-0.1, -0.05) is 17.3 Å². The number of carbonyl (C=O) groups is 2. The Kier molecular flexibility index (Phi) is 4.56. The van der Waals surface area contributed by atoms with Crippen LogP contribution in [0.3, 0.4) is 0 Å². The minimum atomic E-state index is -4.74. The summed E-state index contributed by atoms with van der Waals surface area (Å²) in [7, 11) is 1.35. The van der Waals surface area contributed by atoms with Crippen LogP contribution < -0.4 is 0 Å². The molecule has 0 saturated heterocycles. The molecule has 10 heteroatoms. The van der Waals surface area contributed by atoms with Crippen molar-refractivity contribution in [2.75, 3.05) is 7.05 Å². The van der Waals surface area contributed by atoms with Gasteiger partial charge in [-0.2, -0.15) is 18.2 Å². The molecule has 0 fully saturated rings. The summed E-state index contributed by atoms with van der Waals surface area (Å²) in [5.74, 6) is -3.47. The van der Waals surface area contributed by atoms with Crippen LogP contribution in [0.1, 0.15) is 30.1 Å². The minimum Gasteiger partial charge on any atom is -0.480 e. The number of hydrogen-bond donors (Lipinski definition) is 1. The van der Waals surface area contributed by atoms with Gasteiger partial charge in [0.15, 0.2) is 0 Å². The van der Waals surface area contributed by atoms with Gasteiger partial charge in [0.25, 0.3) is 5.91 Å². The van der Waals surface area contributed by atoms with E-state index in [0.717, 1.165) is 4.90 Å². The van der Waals surface area contributed by atoms with Crippen LogP contribution in [0.25, 0.3) is 11.4 Å². The lowest BCUT2D eigenvalue weighted by Crippen LogP contribution is -2.50. The summed E-state index contributed by atoms with van der Waals surface area (Å²) >= 11 is 0. The summed E-state index contributed by atoms with van der Waals surface area (Å²) in [5, 5.41) is 12.4. The van der Waals surface area contributed by atoms with Gasteiger partial charge in [-0.25, -0.2) is 4.79 Å². The highest BCUT2D eigenvalue weighted by atomic mass is 19.4. The van der Waals surface area contributed by atoms with Crippen molar-refractivity contribution in [1.29, 1.82) is 0 Å². The minimum absolute atomic E-state index is 0.167. The second-order valence-electron chi connectivity index (χ2n) is 5.73. The number of hydrogen-bond acceptors (Lipinski definition) is 5. The third kappa shape index (κ3) is 3.62. The SMILES string of the molecule is CN(C(=O)c1ccc(-c2noc(C(F)(F)F)n2)cc1)C(C)(C)C(=O)O. The molecular formula is C15H14F3N3O4. The van der Waals surface area contributed by atoms with Gasteiger partial charge in [-0.15, -0.1) is 0 Å². The number of rotatable bonds is 4. The molecule has 0 bridgehead atoms. The van der Waals surface area contributed by atoms with Crippen LogP contribution in [0.15, 0.2) is 28.8 Å². The molecule has 0 unspecified atom stereocenters. The number of carboxylic acid groups (broad SMARTS) is 1. The Hall–Kier alpha value is -2.91. The topological polar surface area (TPSA) is 96.5 Å². The number of aromatic nitrogens is 2. The zero-order valence-electron chi connectivity index (χ0n) is 13.5. The van der Waals surface area contributed by atoms with Crippen molar-refractivity contribution < 1.29 is 32.4 Å². The van der Waals surface area contributed by atoms with Crippen molar-refractivity contribution in [3.63, 3.8) is 0 Å². The molecule has 0 saturated carbocycles. The molecule has 1 heterocycles. The fraction of sp³-hybridized carbons (Fsp3) is 0.333. The fourth-order valence-electron chi connectivity index (χ4n) is 1.81. The van der Waals surface area contributed by atoms with Gasteiger partial charge in [0.2, 0.25) is 5.82 Å². The first-order chi connectivity index (χ1) is 11.4. The van der Waals surface area contributed by atoms with Crippen LogP contribution in [0.4, 0.5) is 13.2 Å². The highest BCUT2D eigenvalue weighted by Crippen LogP contribution is 2.29. The van der Waals surface area contributed by atoms with Crippen LogP contribution in [-0.2, 0) is 11.0 Å². The number of carboxylic acids is 1. The Morgan fingerprint density at radius 1 is 1.16 bits per heavy atom. The third-order valence-electron chi connectivity index (χ3n) is 3.73. The van der Waals surface area contributed by atoms with E-state index in [-0.39, 0.29) is 17.0 Å². The lowest BCUT2D eigenvalue weighted by molar-refractivity contribution is -0.159. The van der Waals surface area contributed by atoms with Gasteiger partial charge in [0, 0.05) is 18.2 Å². The van der Waals surface area contributed by atoms with E-state index < -0.39 is 29.5 Å². The molecule has 1 N–H and O–H groups in total. The molecule has 0 aliphatic rings. The molecule has 134 valence electrons. The number of nitrogens with zero attached hydrogens (tertiary/aromatic N) is 3. The first-order valence-electron chi connectivity index (χ1n) is 6.97. The zero-order chi connectivity index (χ0) is 19.0. The summed E-state index contributed by atoms with van der Waals surface area (Å²) < 4.78 is 41.5. The molecule has 7 nitrogen and oxygen atoms in total. The Labute approximate surface area is 140 Å². The highest BCUT2D eigenvalue weighted by molar-refractivity contribution is 5.97. The summed E-state index contributed by atoms with van der Waals surface area (Å²) in [5.41, 5.74) is -1.04. The molecule has 25 heavy (non-hydrogen) atoms. The lowest BCUT2D eigenvalue weighted by atomic mass is 10.0. The number of alkyl halides is 3. The van der Waals surface area contributed by atoms with E-state index in [4.69, 9.17) is 5.11 Å². The maximum atomic E-state index is 12.5. The van der Waals surface area contributed by atoms with E-state index >= 15 is 0 Å². The van der Waals surface area contributed by atoms with Crippen LogP contribution in [0, 0.1) is 0 Å². The van der Waals surface area contributed by atoms with Crippen molar-refractivity contribution in [3.05, 3.63) is 35.7 Å². The molecule has 2 aromatic rings. The third-order valence-corrected chi connectivity index (χ3v) is 3.73. The Balaban J connectivity index is 2.24. The summed E-state index contributed by atoms with van der Waals surface area (Å²) in [6, 6.07) is 5.38. The fourth-order valence-corrected chi connectivity index (χ4v) is 1.81. The van der Waals surface area contributed by atoms with E-state index in [1.54, 1.807) is 0 Å². The highest BCUT2D eigenvalue weighted by Gasteiger charge is 2.38. The lowest BCUT2D eigenvalue weighted by Gasteiger charge is -2.31. The van der Waals surface area contributed by atoms with Crippen molar-refractivity contribution in [2.24, 2.45) is 0 Å². The van der Waals surface area contributed by atoms with Crippen LogP contribution in [0.2, 0.25) is 0 Å². The predicted molar refractivity (Wildman–Crippen MR) is 78.5 cm³/mol. The van der Waals surface area contributed by atoms with Gasteiger partial charge in [0.1, 0.15) is 5.54 Å². The Morgan fingerprint density at radius 2 is 1.72 bits per heavy atom. The molecule has 0 atom stereocenters.